The molecule has 0 spiro atoms. The van der Waals surface area contributed by atoms with Crippen LogP contribution in [-0.4, -0.2) is 43.9 Å². The quantitative estimate of drug-likeness (QED) is 0.471. The molecule has 0 aliphatic heterocycles. The van der Waals surface area contributed by atoms with E-state index in [4.69, 9.17) is 9.29 Å². The molecule has 5 nitrogen and oxygen atoms in total. The van der Waals surface area contributed by atoms with Gasteiger partial charge < -0.3 is 0 Å². The van der Waals surface area contributed by atoms with Crippen LogP contribution in [-0.2, 0) is 19.6 Å². The molecule has 0 saturated heterocycles. The maximum absolute atomic E-state index is 10.7. The Kier molecular flexibility index (Phi) is 5.28. The first kappa shape index (κ1) is 14.9. The van der Waals surface area contributed by atoms with E-state index in [1.165, 1.54) is 6.92 Å². The summed E-state index contributed by atoms with van der Waals surface area (Å²) in [7, 11) is -4.16. The predicted octanol–water partition coefficient (Wildman–Crippen LogP) is 1.20. The van der Waals surface area contributed by atoms with E-state index in [1.807, 2.05) is 14.8 Å². The number of ether oxygens (including phenoxy) is 1. The molecule has 0 aromatic heterocycles. The molecule has 88 valence electrons. The monoisotopic (exact) mass is 344 g/mol. The fourth-order valence-electron chi connectivity index (χ4n) is 0.786. The maximum atomic E-state index is 10.7. The molecule has 0 aromatic rings. The van der Waals surface area contributed by atoms with Gasteiger partial charge in [-0.3, -0.25) is 0 Å². The molecule has 0 amide bonds. The molecule has 7 heteroatoms. The van der Waals surface area contributed by atoms with E-state index in [1.54, 1.807) is 0 Å². The van der Waals surface area contributed by atoms with E-state index in [-0.39, 0.29) is 6.61 Å². The van der Waals surface area contributed by atoms with Crippen LogP contribution in [0, 0.1) is 0 Å². The number of carbonyl (C=O) groups excluding carboxylic acids is 1. The topological polar surface area (TPSA) is 80.7 Å². The van der Waals surface area contributed by atoms with Crippen LogP contribution in [0.5, 0.6) is 0 Å². The van der Waals surface area contributed by atoms with E-state index in [2.05, 4.69) is 0 Å². The molecule has 0 rings (SSSR count). The molecule has 15 heavy (non-hydrogen) atoms. The Morgan fingerprint density at radius 1 is 1.40 bits per heavy atom. The molecule has 0 heterocycles. The fourth-order valence-corrected chi connectivity index (χ4v) is 7.31. The van der Waals surface area contributed by atoms with Gasteiger partial charge in [-0.15, -0.1) is 0 Å². The van der Waals surface area contributed by atoms with Gasteiger partial charge in [0.2, 0.25) is 0 Å². The van der Waals surface area contributed by atoms with Crippen LogP contribution >= 0.6 is 0 Å². The van der Waals surface area contributed by atoms with Crippen LogP contribution < -0.4 is 0 Å². The summed E-state index contributed by atoms with van der Waals surface area (Å²) in [4.78, 5) is 16.5. The summed E-state index contributed by atoms with van der Waals surface area (Å²) >= 11 is -2.65. The molecule has 0 saturated carbocycles. The van der Waals surface area contributed by atoms with Crippen LogP contribution in [0.4, 0.5) is 0 Å². The Balaban J connectivity index is 4.93. The minimum absolute atomic E-state index is 0.0469. The summed E-state index contributed by atoms with van der Waals surface area (Å²) in [6, 6.07) is 0. The van der Waals surface area contributed by atoms with Gasteiger partial charge in [0.15, 0.2) is 0 Å². The predicted molar refractivity (Wildman–Crippen MR) is 59.6 cm³/mol. The van der Waals surface area contributed by atoms with Crippen molar-refractivity contribution in [2.45, 2.75) is 21.7 Å². The summed E-state index contributed by atoms with van der Waals surface area (Å²) in [5.41, 5.74) is 0. The number of hydrogen-bond donors (Lipinski definition) is 1. The van der Waals surface area contributed by atoms with E-state index in [9.17, 15) is 13.2 Å². The van der Waals surface area contributed by atoms with Crippen molar-refractivity contribution < 1.29 is 22.5 Å². The third-order valence-corrected chi connectivity index (χ3v) is 9.19. The van der Waals surface area contributed by atoms with E-state index < -0.39 is 34.5 Å². The van der Waals surface area contributed by atoms with Crippen molar-refractivity contribution in [1.82, 2.24) is 0 Å². The van der Waals surface area contributed by atoms with Crippen LogP contribution in [0.3, 0.4) is 0 Å². The molecule has 0 radical (unpaired) electrons. The van der Waals surface area contributed by atoms with Gasteiger partial charge in [0.1, 0.15) is 0 Å². The molecule has 1 N–H and O–H groups in total. The molecule has 0 aromatic carbocycles. The van der Waals surface area contributed by atoms with Gasteiger partial charge in [-0.25, -0.2) is 0 Å². The van der Waals surface area contributed by atoms with Gasteiger partial charge in [-0.05, 0) is 0 Å². The van der Waals surface area contributed by atoms with Crippen LogP contribution in [0.1, 0.15) is 6.92 Å². The number of rotatable bonds is 4. The second kappa shape index (κ2) is 5.31. The summed E-state index contributed by atoms with van der Waals surface area (Å²) < 4.78 is 35.4. The Labute approximate surface area is 94.1 Å². The number of esters is 1. The van der Waals surface area contributed by atoms with E-state index in [0.717, 1.165) is 5.41 Å². The second-order valence-corrected chi connectivity index (χ2v) is 20.1. The Bertz CT molecular complexity index is 363. The average Bonchev–Trinajstić information content (AvgIpc) is 1.93. The van der Waals surface area contributed by atoms with Crippen molar-refractivity contribution in [2.24, 2.45) is 0 Å². The summed E-state index contributed by atoms with van der Waals surface area (Å²) in [5, 5.41) is 0.812. The Morgan fingerprint density at radius 2 is 1.87 bits per heavy atom. The molecular formula is C8H16O5SSn. The van der Waals surface area contributed by atoms with Crippen LogP contribution in [0.25, 0.3) is 0 Å². The molecule has 0 atom stereocenters. The van der Waals surface area contributed by atoms with Gasteiger partial charge in [0, 0.05) is 0 Å². The Hall–Kier alpha value is -0.0813. The third-order valence-electron chi connectivity index (χ3n) is 1.69. The van der Waals surface area contributed by atoms with Gasteiger partial charge in [0.25, 0.3) is 0 Å². The first-order valence-corrected chi connectivity index (χ1v) is 15.8. The standard InChI is InChI=1S/C5H7O5S.3CH3.Sn/c1-5(6)10-3-2-4-11(7,8)9;;;;/h4H,3H2,1H3,(H,7,8,9);3*1H3;. The first-order chi connectivity index (χ1) is 6.52. The molecule has 0 aliphatic rings. The van der Waals surface area contributed by atoms with Gasteiger partial charge in [0.05, 0.1) is 0 Å². The van der Waals surface area contributed by atoms with Crippen molar-refractivity contribution in [1.29, 1.82) is 0 Å². The zero-order valence-corrected chi connectivity index (χ0v) is 12.9. The van der Waals surface area contributed by atoms with Crippen molar-refractivity contribution in [2.75, 3.05) is 6.61 Å². The SMILES string of the molecule is CC(=O)OC/[C](=C/S(=O)(=O)O)[Sn]([CH3])([CH3])[CH3]. The van der Waals surface area contributed by atoms with Gasteiger partial charge in [-0.2, -0.15) is 0 Å². The average molecular weight is 343 g/mol. The van der Waals surface area contributed by atoms with Crippen molar-refractivity contribution in [3.8, 4) is 0 Å². The molecule has 0 bridgehead atoms. The molecule has 0 unspecified atom stereocenters. The second-order valence-electron chi connectivity index (χ2n) is 4.19. The fraction of sp³-hybridized carbons (Fsp3) is 0.625. The van der Waals surface area contributed by atoms with Gasteiger partial charge in [-0.1, -0.05) is 0 Å². The van der Waals surface area contributed by atoms with Crippen molar-refractivity contribution in [3.05, 3.63) is 9.00 Å². The summed E-state index contributed by atoms with van der Waals surface area (Å²) in [5.74, 6) is -0.466. The summed E-state index contributed by atoms with van der Waals surface area (Å²) in [6.45, 7) is 1.21. The van der Waals surface area contributed by atoms with Gasteiger partial charge >= 0.3 is 94.3 Å². The third kappa shape index (κ3) is 7.80. The van der Waals surface area contributed by atoms with Crippen molar-refractivity contribution >= 4 is 34.5 Å². The Morgan fingerprint density at radius 3 is 2.13 bits per heavy atom. The first-order valence-electron chi connectivity index (χ1n) is 4.34. The normalized spacial score (nSPS) is 13.8. The van der Waals surface area contributed by atoms with E-state index in [0.29, 0.717) is 3.59 Å². The number of carbonyl (C=O) groups is 1. The summed E-state index contributed by atoms with van der Waals surface area (Å²) in [6.07, 6.45) is 0. The van der Waals surface area contributed by atoms with Crippen LogP contribution in [0.15, 0.2) is 9.00 Å². The zero-order valence-electron chi connectivity index (χ0n) is 9.27. The van der Waals surface area contributed by atoms with Crippen molar-refractivity contribution in [3.63, 3.8) is 0 Å². The van der Waals surface area contributed by atoms with E-state index >= 15 is 0 Å². The molecule has 0 aliphatic carbocycles. The number of hydrogen-bond acceptors (Lipinski definition) is 4. The zero-order chi connectivity index (χ0) is 12.3. The molecule has 0 fully saturated rings. The molecular weight excluding hydrogens is 327 g/mol. The minimum atomic E-state index is -4.16. The van der Waals surface area contributed by atoms with Crippen LogP contribution in [0.2, 0.25) is 14.8 Å².